The van der Waals surface area contributed by atoms with E-state index in [-0.39, 0.29) is 5.91 Å². The molecule has 1 aromatic heterocycles. The van der Waals surface area contributed by atoms with E-state index in [1.54, 1.807) is 18.4 Å². The Balaban J connectivity index is 1.55. The number of rotatable bonds is 5. The van der Waals surface area contributed by atoms with Crippen LogP contribution in [0.15, 0.2) is 36.4 Å². The number of hydrogen-bond acceptors (Lipinski definition) is 4. The Morgan fingerprint density at radius 3 is 2.91 bits per heavy atom. The molecule has 0 spiro atoms. The summed E-state index contributed by atoms with van der Waals surface area (Å²) in [4.78, 5) is 16.4. The highest BCUT2D eigenvalue weighted by Crippen LogP contribution is 2.31. The van der Waals surface area contributed by atoms with Gasteiger partial charge < -0.3 is 15.0 Å². The number of anilines is 1. The summed E-state index contributed by atoms with van der Waals surface area (Å²) in [6, 6.07) is 12.0. The van der Waals surface area contributed by atoms with Crippen molar-refractivity contribution in [2.45, 2.75) is 13.3 Å². The summed E-state index contributed by atoms with van der Waals surface area (Å²) in [5.74, 6) is 1.43. The molecular formula is C18H22N2O2S. The molecule has 1 aliphatic heterocycles. The van der Waals surface area contributed by atoms with E-state index in [1.807, 2.05) is 37.3 Å². The van der Waals surface area contributed by atoms with Crippen LogP contribution in [0.3, 0.4) is 0 Å². The van der Waals surface area contributed by atoms with Crippen LogP contribution in [-0.2, 0) is 0 Å². The summed E-state index contributed by atoms with van der Waals surface area (Å²) in [6.45, 7) is 4.69. The zero-order valence-corrected chi connectivity index (χ0v) is 14.4. The van der Waals surface area contributed by atoms with E-state index in [1.165, 1.54) is 4.88 Å². The molecule has 3 rings (SSSR count). The fourth-order valence-corrected chi connectivity index (χ4v) is 3.77. The quantitative estimate of drug-likeness (QED) is 0.914. The lowest BCUT2D eigenvalue weighted by molar-refractivity contribution is 0.0952. The highest BCUT2D eigenvalue weighted by atomic mass is 32.1. The summed E-state index contributed by atoms with van der Waals surface area (Å²) in [6.07, 6.45) is 1.09. The van der Waals surface area contributed by atoms with Gasteiger partial charge in [0.1, 0.15) is 5.75 Å². The average Bonchev–Trinajstić information content (AvgIpc) is 3.21. The molecule has 122 valence electrons. The molecule has 0 unspecified atom stereocenters. The first-order valence-corrected chi connectivity index (χ1v) is 8.71. The van der Waals surface area contributed by atoms with E-state index in [0.29, 0.717) is 5.92 Å². The van der Waals surface area contributed by atoms with E-state index in [2.05, 4.69) is 16.3 Å². The number of benzene rings is 1. The van der Waals surface area contributed by atoms with Crippen LogP contribution in [0.25, 0.3) is 0 Å². The molecule has 5 heteroatoms. The fraction of sp³-hybridized carbons (Fsp3) is 0.389. The minimum Gasteiger partial charge on any atom is -0.495 e. The van der Waals surface area contributed by atoms with Crippen LogP contribution in [0.5, 0.6) is 5.75 Å². The Labute approximate surface area is 141 Å². The predicted octanol–water partition coefficient (Wildman–Crippen LogP) is 3.32. The molecule has 1 aromatic carbocycles. The number of ether oxygens (including phenoxy) is 1. The van der Waals surface area contributed by atoms with Crippen LogP contribution in [-0.4, -0.2) is 32.7 Å². The van der Waals surface area contributed by atoms with Crippen LogP contribution >= 0.6 is 11.3 Å². The number of hydrogen-bond donors (Lipinski definition) is 1. The van der Waals surface area contributed by atoms with E-state index >= 15 is 0 Å². The molecule has 1 fully saturated rings. The average molecular weight is 330 g/mol. The van der Waals surface area contributed by atoms with Gasteiger partial charge in [-0.05, 0) is 43.5 Å². The molecule has 1 N–H and O–H groups in total. The van der Waals surface area contributed by atoms with Crippen LogP contribution in [0, 0.1) is 12.8 Å². The maximum absolute atomic E-state index is 12.1. The van der Waals surface area contributed by atoms with Crippen molar-refractivity contribution < 1.29 is 9.53 Å². The Morgan fingerprint density at radius 2 is 2.17 bits per heavy atom. The normalized spacial score (nSPS) is 17.3. The van der Waals surface area contributed by atoms with Crippen molar-refractivity contribution in [3.63, 3.8) is 0 Å². The van der Waals surface area contributed by atoms with Crippen molar-refractivity contribution in [3.05, 3.63) is 46.2 Å². The van der Waals surface area contributed by atoms with Gasteiger partial charge in [-0.3, -0.25) is 4.79 Å². The third kappa shape index (κ3) is 3.67. The molecule has 0 saturated carbocycles. The van der Waals surface area contributed by atoms with Crippen LogP contribution in [0.2, 0.25) is 0 Å². The monoisotopic (exact) mass is 330 g/mol. The minimum absolute atomic E-state index is 0.0406. The van der Waals surface area contributed by atoms with Crippen molar-refractivity contribution in [1.82, 2.24) is 5.32 Å². The van der Waals surface area contributed by atoms with Gasteiger partial charge in [0.2, 0.25) is 0 Å². The van der Waals surface area contributed by atoms with Gasteiger partial charge >= 0.3 is 0 Å². The third-order valence-electron chi connectivity index (χ3n) is 4.23. The fourth-order valence-electron chi connectivity index (χ4n) is 2.99. The lowest BCUT2D eigenvalue weighted by atomic mass is 10.1. The number of methoxy groups -OCH3 is 1. The van der Waals surface area contributed by atoms with Gasteiger partial charge in [0.15, 0.2) is 0 Å². The van der Waals surface area contributed by atoms with Crippen molar-refractivity contribution in [1.29, 1.82) is 0 Å². The molecule has 2 heterocycles. The molecule has 1 saturated heterocycles. The molecule has 4 nitrogen and oxygen atoms in total. The molecule has 0 aliphatic carbocycles. The third-order valence-corrected chi connectivity index (χ3v) is 5.23. The van der Waals surface area contributed by atoms with E-state index < -0.39 is 0 Å². The first-order valence-electron chi connectivity index (χ1n) is 7.90. The Kier molecular flexibility index (Phi) is 4.86. The van der Waals surface area contributed by atoms with Gasteiger partial charge in [0, 0.05) is 24.5 Å². The van der Waals surface area contributed by atoms with E-state index in [4.69, 9.17) is 4.74 Å². The zero-order valence-electron chi connectivity index (χ0n) is 13.5. The van der Waals surface area contributed by atoms with Crippen molar-refractivity contribution in [3.8, 4) is 5.75 Å². The maximum Gasteiger partial charge on any atom is 0.261 e. The molecule has 1 atom stereocenters. The SMILES string of the molecule is COc1ccccc1N1CC[C@@H](CNC(=O)c2ccc(C)s2)C1. The first-order chi connectivity index (χ1) is 11.2. The molecular weight excluding hydrogens is 308 g/mol. The first kappa shape index (κ1) is 15.9. The number of para-hydroxylation sites is 2. The van der Waals surface area contributed by atoms with Gasteiger partial charge in [0.05, 0.1) is 17.7 Å². The van der Waals surface area contributed by atoms with Crippen molar-refractivity contribution >= 4 is 22.9 Å². The van der Waals surface area contributed by atoms with Crippen molar-refractivity contribution in [2.75, 3.05) is 31.6 Å². The maximum atomic E-state index is 12.1. The topological polar surface area (TPSA) is 41.6 Å². The number of aryl methyl sites for hydroxylation is 1. The summed E-state index contributed by atoms with van der Waals surface area (Å²) < 4.78 is 5.44. The van der Waals surface area contributed by atoms with Crippen LogP contribution < -0.4 is 15.0 Å². The van der Waals surface area contributed by atoms with E-state index in [0.717, 1.165) is 42.4 Å². The standard InChI is InChI=1S/C18H22N2O2S/c1-13-7-8-17(23-13)18(21)19-11-14-9-10-20(12-14)15-5-3-4-6-16(15)22-2/h3-8,14H,9-12H2,1-2H3,(H,19,21)/t14-/m0/s1. The summed E-state index contributed by atoms with van der Waals surface area (Å²) in [7, 11) is 1.70. The second-order valence-electron chi connectivity index (χ2n) is 5.89. The summed E-state index contributed by atoms with van der Waals surface area (Å²) in [5.41, 5.74) is 1.14. The number of thiophene rings is 1. The van der Waals surface area contributed by atoms with E-state index in [9.17, 15) is 4.79 Å². The highest BCUT2D eigenvalue weighted by Gasteiger charge is 2.25. The zero-order chi connectivity index (χ0) is 16.2. The van der Waals surface area contributed by atoms with Gasteiger partial charge in [-0.1, -0.05) is 12.1 Å². The highest BCUT2D eigenvalue weighted by molar-refractivity contribution is 7.13. The lowest BCUT2D eigenvalue weighted by Gasteiger charge is -2.21. The molecule has 0 radical (unpaired) electrons. The molecule has 2 aromatic rings. The number of amides is 1. The molecule has 0 bridgehead atoms. The summed E-state index contributed by atoms with van der Waals surface area (Å²) >= 11 is 1.54. The second-order valence-corrected chi connectivity index (χ2v) is 7.18. The number of nitrogens with zero attached hydrogens (tertiary/aromatic N) is 1. The predicted molar refractivity (Wildman–Crippen MR) is 94.7 cm³/mol. The van der Waals surface area contributed by atoms with Gasteiger partial charge in [-0.15, -0.1) is 11.3 Å². The van der Waals surface area contributed by atoms with Crippen LogP contribution in [0.1, 0.15) is 21.0 Å². The van der Waals surface area contributed by atoms with Gasteiger partial charge in [-0.25, -0.2) is 0 Å². The second kappa shape index (κ2) is 7.04. The number of nitrogens with one attached hydrogen (secondary N) is 1. The Hall–Kier alpha value is -2.01. The molecule has 1 amide bonds. The Bertz CT molecular complexity index is 683. The van der Waals surface area contributed by atoms with Gasteiger partial charge in [-0.2, -0.15) is 0 Å². The number of carbonyl (C=O) groups excluding carboxylic acids is 1. The van der Waals surface area contributed by atoms with Crippen molar-refractivity contribution in [2.24, 2.45) is 5.92 Å². The summed E-state index contributed by atoms with van der Waals surface area (Å²) in [5, 5.41) is 3.07. The lowest BCUT2D eigenvalue weighted by Crippen LogP contribution is -2.30. The largest absolute Gasteiger partial charge is 0.495 e. The Morgan fingerprint density at radius 1 is 1.35 bits per heavy atom. The smallest absolute Gasteiger partial charge is 0.261 e. The van der Waals surface area contributed by atoms with Gasteiger partial charge in [0.25, 0.3) is 5.91 Å². The molecule has 23 heavy (non-hydrogen) atoms. The molecule has 1 aliphatic rings. The number of carbonyl (C=O) groups is 1. The minimum atomic E-state index is 0.0406. The van der Waals surface area contributed by atoms with Crippen LogP contribution in [0.4, 0.5) is 5.69 Å².